The van der Waals surface area contributed by atoms with Crippen molar-refractivity contribution >= 4 is 17.2 Å². The third-order valence-corrected chi connectivity index (χ3v) is 4.79. The van der Waals surface area contributed by atoms with E-state index in [4.69, 9.17) is 5.73 Å². The summed E-state index contributed by atoms with van der Waals surface area (Å²) < 4.78 is 28.4. The molecule has 0 aliphatic carbocycles. The van der Waals surface area contributed by atoms with Gasteiger partial charge < -0.3 is 10.3 Å². The molecule has 1 aromatic carbocycles. The van der Waals surface area contributed by atoms with Gasteiger partial charge >= 0.3 is 0 Å². The number of amides is 1. The molecule has 7 heteroatoms. The van der Waals surface area contributed by atoms with Gasteiger partial charge in [0.2, 0.25) is 0 Å². The molecule has 0 saturated carbocycles. The highest BCUT2D eigenvalue weighted by atomic mass is 32.1. The first-order valence-corrected chi connectivity index (χ1v) is 8.11. The molecule has 0 aliphatic heterocycles. The third-order valence-electron chi connectivity index (χ3n) is 4.00. The number of hydrogen-bond donors (Lipinski definition) is 1. The summed E-state index contributed by atoms with van der Waals surface area (Å²) in [6, 6.07) is 3.76. The van der Waals surface area contributed by atoms with E-state index in [1.54, 1.807) is 13.1 Å². The van der Waals surface area contributed by atoms with Gasteiger partial charge in [-0.2, -0.15) is 0 Å². The normalized spacial score (nSPS) is 11.0. The number of rotatable bonds is 4. The number of benzene rings is 1. The maximum absolute atomic E-state index is 13.5. The second-order valence-corrected chi connectivity index (χ2v) is 6.35. The van der Waals surface area contributed by atoms with E-state index in [2.05, 4.69) is 4.98 Å². The minimum Gasteiger partial charge on any atom is -0.366 e. The second-order valence-electron chi connectivity index (χ2n) is 5.46. The molecule has 0 atom stereocenters. The lowest BCUT2D eigenvalue weighted by molar-refractivity contribution is 0.1000. The molecule has 2 aromatic heterocycles. The van der Waals surface area contributed by atoms with Crippen molar-refractivity contribution in [2.24, 2.45) is 5.73 Å². The number of halogens is 2. The smallest absolute Gasteiger partial charge is 0.251 e. The fourth-order valence-electron chi connectivity index (χ4n) is 2.85. The predicted molar refractivity (Wildman–Crippen MR) is 89.0 cm³/mol. The van der Waals surface area contributed by atoms with Crippen LogP contribution in [0.5, 0.6) is 0 Å². The molecular weight excluding hydrogens is 332 g/mol. The quantitative estimate of drug-likeness (QED) is 0.783. The van der Waals surface area contributed by atoms with Gasteiger partial charge in [-0.1, -0.05) is 6.07 Å². The SMILES string of the molecule is Cc1c(C(N)=O)c(-c2nccs2)c(C)n1Cc1ccc(F)c(F)c1. The molecule has 0 aliphatic rings. The summed E-state index contributed by atoms with van der Waals surface area (Å²) in [4.78, 5) is 16.2. The Balaban J connectivity index is 2.13. The van der Waals surface area contributed by atoms with E-state index >= 15 is 0 Å². The summed E-state index contributed by atoms with van der Waals surface area (Å²) in [6.45, 7) is 3.95. The lowest BCUT2D eigenvalue weighted by atomic mass is 10.1. The van der Waals surface area contributed by atoms with Crippen molar-refractivity contribution in [2.75, 3.05) is 0 Å². The average molecular weight is 347 g/mol. The monoisotopic (exact) mass is 347 g/mol. The van der Waals surface area contributed by atoms with E-state index in [1.165, 1.54) is 17.4 Å². The Bertz CT molecular complexity index is 917. The standard InChI is InChI=1S/C17H15F2N3OS/c1-9-14(16(20)23)15(17-21-5-6-24-17)10(2)22(9)8-11-3-4-12(18)13(19)7-11/h3-7H,8H2,1-2H3,(H2,20,23). The Morgan fingerprint density at radius 1 is 1.25 bits per heavy atom. The largest absolute Gasteiger partial charge is 0.366 e. The third kappa shape index (κ3) is 2.71. The molecule has 1 amide bonds. The van der Waals surface area contributed by atoms with E-state index < -0.39 is 17.5 Å². The van der Waals surface area contributed by atoms with Crippen molar-refractivity contribution in [2.45, 2.75) is 20.4 Å². The van der Waals surface area contributed by atoms with Gasteiger partial charge in [0.25, 0.3) is 5.91 Å². The maximum atomic E-state index is 13.5. The maximum Gasteiger partial charge on any atom is 0.251 e. The first-order valence-electron chi connectivity index (χ1n) is 7.23. The number of thiazole rings is 1. The van der Waals surface area contributed by atoms with E-state index in [0.29, 0.717) is 33.9 Å². The molecule has 124 valence electrons. The highest BCUT2D eigenvalue weighted by Crippen LogP contribution is 2.33. The lowest BCUT2D eigenvalue weighted by Gasteiger charge is -2.10. The Morgan fingerprint density at radius 2 is 2.00 bits per heavy atom. The molecule has 0 radical (unpaired) electrons. The van der Waals surface area contributed by atoms with Gasteiger partial charge in [0.05, 0.1) is 5.56 Å². The van der Waals surface area contributed by atoms with E-state index in [1.807, 2.05) is 16.9 Å². The molecule has 2 N–H and O–H groups in total. The zero-order chi connectivity index (χ0) is 17.4. The van der Waals surface area contributed by atoms with Crippen molar-refractivity contribution < 1.29 is 13.6 Å². The molecule has 0 unspecified atom stereocenters. The summed E-state index contributed by atoms with van der Waals surface area (Å²) in [5.41, 5.74) is 8.73. The van der Waals surface area contributed by atoms with Gasteiger partial charge in [-0.05, 0) is 31.5 Å². The Labute approximate surface area is 141 Å². The van der Waals surface area contributed by atoms with Crippen LogP contribution in [0.3, 0.4) is 0 Å². The molecular formula is C17H15F2N3OS. The second kappa shape index (κ2) is 6.16. The first-order chi connectivity index (χ1) is 11.4. The fraction of sp³-hybridized carbons (Fsp3) is 0.176. The van der Waals surface area contributed by atoms with Gasteiger partial charge in [0.1, 0.15) is 5.01 Å². The molecule has 0 bridgehead atoms. The lowest BCUT2D eigenvalue weighted by Crippen LogP contribution is -2.13. The van der Waals surface area contributed by atoms with Crippen molar-refractivity contribution in [1.82, 2.24) is 9.55 Å². The van der Waals surface area contributed by atoms with Gasteiger partial charge in [0.15, 0.2) is 11.6 Å². The van der Waals surface area contributed by atoms with E-state index in [9.17, 15) is 13.6 Å². The predicted octanol–water partition coefficient (Wildman–Crippen LogP) is 3.65. The number of carbonyl (C=O) groups is 1. The topological polar surface area (TPSA) is 60.9 Å². The summed E-state index contributed by atoms with van der Waals surface area (Å²) in [7, 11) is 0. The van der Waals surface area contributed by atoms with Crippen LogP contribution >= 0.6 is 11.3 Å². The van der Waals surface area contributed by atoms with Gasteiger partial charge in [-0.3, -0.25) is 4.79 Å². The van der Waals surface area contributed by atoms with Crippen molar-refractivity contribution in [3.8, 4) is 10.6 Å². The minimum absolute atomic E-state index is 0.306. The minimum atomic E-state index is -0.898. The zero-order valence-corrected chi connectivity index (χ0v) is 14.0. The summed E-state index contributed by atoms with van der Waals surface area (Å²) >= 11 is 1.41. The summed E-state index contributed by atoms with van der Waals surface area (Å²) in [6.07, 6.45) is 1.66. The molecule has 24 heavy (non-hydrogen) atoms. The number of nitrogens with two attached hydrogens (primary N) is 1. The molecule has 3 aromatic rings. The Hall–Kier alpha value is -2.54. The van der Waals surface area contributed by atoms with Crippen LogP contribution in [0, 0.1) is 25.5 Å². The summed E-state index contributed by atoms with van der Waals surface area (Å²) in [5, 5.41) is 2.52. The molecule has 3 rings (SSSR count). The van der Waals surface area contributed by atoms with Crippen LogP contribution in [0.15, 0.2) is 29.8 Å². The molecule has 0 spiro atoms. The van der Waals surface area contributed by atoms with Crippen LogP contribution in [-0.2, 0) is 6.54 Å². The van der Waals surface area contributed by atoms with E-state index in [0.717, 1.165) is 17.8 Å². The van der Waals surface area contributed by atoms with Crippen LogP contribution in [-0.4, -0.2) is 15.5 Å². The van der Waals surface area contributed by atoms with Gasteiger partial charge in [0, 0.05) is 35.1 Å². The average Bonchev–Trinajstić information content (AvgIpc) is 3.12. The van der Waals surface area contributed by atoms with Crippen molar-refractivity contribution in [3.05, 3.63) is 63.9 Å². The van der Waals surface area contributed by atoms with Crippen LogP contribution in [0.25, 0.3) is 10.6 Å². The molecule has 0 saturated heterocycles. The van der Waals surface area contributed by atoms with Gasteiger partial charge in [-0.15, -0.1) is 11.3 Å². The number of primary amides is 1. The zero-order valence-electron chi connectivity index (χ0n) is 13.1. The van der Waals surface area contributed by atoms with Crippen LogP contribution < -0.4 is 5.73 Å². The highest BCUT2D eigenvalue weighted by Gasteiger charge is 2.24. The number of aromatic nitrogens is 2. The molecule has 0 fully saturated rings. The Morgan fingerprint density at radius 3 is 2.58 bits per heavy atom. The Kier molecular flexibility index (Phi) is 4.19. The fourth-order valence-corrected chi connectivity index (χ4v) is 3.59. The van der Waals surface area contributed by atoms with E-state index in [-0.39, 0.29) is 0 Å². The van der Waals surface area contributed by atoms with Gasteiger partial charge in [-0.25, -0.2) is 13.8 Å². The highest BCUT2D eigenvalue weighted by molar-refractivity contribution is 7.13. The van der Waals surface area contributed by atoms with Crippen LogP contribution in [0.1, 0.15) is 27.3 Å². The molecule has 4 nitrogen and oxygen atoms in total. The first kappa shape index (κ1) is 16.3. The summed E-state index contributed by atoms with van der Waals surface area (Å²) in [5.74, 6) is -2.32. The molecule has 2 heterocycles. The van der Waals surface area contributed by atoms with Crippen molar-refractivity contribution in [3.63, 3.8) is 0 Å². The number of hydrogen-bond acceptors (Lipinski definition) is 3. The number of nitrogens with zero attached hydrogens (tertiary/aromatic N) is 2. The van der Waals surface area contributed by atoms with Crippen LogP contribution in [0.4, 0.5) is 8.78 Å². The van der Waals surface area contributed by atoms with Crippen molar-refractivity contribution in [1.29, 1.82) is 0 Å². The number of carbonyl (C=O) groups excluding carboxylic acids is 1. The van der Waals surface area contributed by atoms with Crippen LogP contribution in [0.2, 0.25) is 0 Å².